The van der Waals surface area contributed by atoms with Crippen molar-refractivity contribution in [2.24, 2.45) is 5.73 Å². The molecule has 0 saturated carbocycles. The normalized spacial score (nSPS) is 19.2. The number of nitrogens with one attached hydrogen (secondary N) is 1. The second kappa shape index (κ2) is 9.75. The van der Waals surface area contributed by atoms with Crippen molar-refractivity contribution in [3.05, 3.63) is 29.3 Å². The van der Waals surface area contributed by atoms with E-state index >= 15 is 0 Å². The summed E-state index contributed by atoms with van der Waals surface area (Å²) in [6.07, 6.45) is 0.919. The van der Waals surface area contributed by atoms with Crippen molar-refractivity contribution in [2.75, 3.05) is 25.0 Å². The molecule has 0 aromatic heterocycles. The molecule has 0 bridgehead atoms. The van der Waals surface area contributed by atoms with Gasteiger partial charge in [-0.3, -0.25) is 9.59 Å². The number of nitrogens with two attached hydrogens (primary N) is 1. The van der Waals surface area contributed by atoms with E-state index in [1.54, 1.807) is 0 Å². The molecule has 0 unspecified atom stereocenters. The lowest BCUT2D eigenvalue weighted by Gasteiger charge is -2.24. The molecule has 1 aromatic carbocycles. The maximum Gasteiger partial charge on any atom is 0.252 e. The second-order valence-corrected chi connectivity index (χ2v) is 6.23. The average Bonchev–Trinajstić information content (AvgIpc) is 3.04. The fourth-order valence-electron chi connectivity index (χ4n) is 2.97. The Hall–Kier alpha value is -1.63. The van der Waals surface area contributed by atoms with Gasteiger partial charge >= 0.3 is 0 Å². The molecule has 2 atom stereocenters. The van der Waals surface area contributed by atoms with Gasteiger partial charge in [0.15, 0.2) is 0 Å². The summed E-state index contributed by atoms with van der Waals surface area (Å²) >= 11 is 0. The monoisotopic (exact) mass is 369 g/mol. The van der Waals surface area contributed by atoms with E-state index in [0.717, 1.165) is 23.2 Å². The van der Waals surface area contributed by atoms with Gasteiger partial charge in [0.05, 0.1) is 12.6 Å². The summed E-state index contributed by atoms with van der Waals surface area (Å²) in [6.45, 7) is 6.67. The van der Waals surface area contributed by atoms with Gasteiger partial charge in [-0.2, -0.15) is 0 Å². The third kappa shape index (κ3) is 5.42. The van der Waals surface area contributed by atoms with Crippen LogP contribution in [0, 0.1) is 13.8 Å². The van der Waals surface area contributed by atoms with Crippen LogP contribution in [0.3, 0.4) is 0 Å². The number of hydrogen-bond donors (Lipinski definition) is 2. The Labute approximate surface area is 155 Å². The predicted molar refractivity (Wildman–Crippen MR) is 101 cm³/mol. The van der Waals surface area contributed by atoms with E-state index in [0.29, 0.717) is 19.5 Å². The van der Waals surface area contributed by atoms with Crippen LogP contribution in [0.5, 0.6) is 0 Å². The summed E-state index contributed by atoms with van der Waals surface area (Å²) in [7, 11) is 0. The highest BCUT2D eigenvalue weighted by atomic mass is 35.5. The highest BCUT2D eigenvalue weighted by molar-refractivity contribution is 5.96. The van der Waals surface area contributed by atoms with E-state index in [2.05, 4.69) is 5.32 Å². The molecule has 1 heterocycles. The van der Waals surface area contributed by atoms with Gasteiger partial charge in [0, 0.05) is 18.8 Å². The largest absolute Gasteiger partial charge is 0.364 e. The van der Waals surface area contributed by atoms with Gasteiger partial charge in [0.25, 0.3) is 5.91 Å². The Balaban J connectivity index is 0.00000312. The van der Waals surface area contributed by atoms with Crippen molar-refractivity contribution in [3.8, 4) is 0 Å². The minimum absolute atomic E-state index is 0. The number of ether oxygens (including phenoxy) is 1. The highest BCUT2D eigenvalue weighted by Crippen LogP contribution is 2.21. The number of nitrogens with zero attached hydrogens (tertiary/aromatic N) is 1. The summed E-state index contributed by atoms with van der Waals surface area (Å²) in [4.78, 5) is 26.4. The summed E-state index contributed by atoms with van der Waals surface area (Å²) < 4.78 is 5.65. The van der Waals surface area contributed by atoms with Crippen LogP contribution in [-0.4, -0.2) is 48.6 Å². The third-order valence-electron chi connectivity index (χ3n) is 4.42. The molecule has 140 valence electrons. The molecule has 1 fully saturated rings. The lowest BCUT2D eigenvalue weighted by Crippen LogP contribution is -2.43. The first kappa shape index (κ1) is 21.4. The van der Waals surface area contributed by atoms with Crippen LogP contribution in [-0.2, 0) is 14.3 Å². The first-order valence-corrected chi connectivity index (χ1v) is 8.46. The summed E-state index contributed by atoms with van der Waals surface area (Å²) in [5.41, 5.74) is 8.40. The second-order valence-electron chi connectivity index (χ2n) is 6.23. The van der Waals surface area contributed by atoms with Crippen LogP contribution in [0.2, 0.25) is 0 Å². The lowest BCUT2D eigenvalue weighted by molar-refractivity contribution is -0.144. The highest BCUT2D eigenvalue weighted by Gasteiger charge is 2.33. The number of carbonyl (C=O) groups is 2. The van der Waals surface area contributed by atoms with Crippen molar-refractivity contribution in [3.63, 3.8) is 0 Å². The number of carbonyl (C=O) groups excluding carboxylic acids is 2. The molecule has 1 aliphatic rings. The fourth-order valence-corrected chi connectivity index (χ4v) is 2.97. The zero-order chi connectivity index (χ0) is 17.7. The van der Waals surface area contributed by atoms with Crippen molar-refractivity contribution >= 4 is 29.9 Å². The number of amides is 2. The number of rotatable bonds is 6. The van der Waals surface area contributed by atoms with Crippen molar-refractivity contribution in [2.45, 2.75) is 45.8 Å². The summed E-state index contributed by atoms with van der Waals surface area (Å²) in [5.74, 6) is -0.332. The van der Waals surface area contributed by atoms with Crippen molar-refractivity contribution in [1.29, 1.82) is 0 Å². The molecule has 3 N–H and O–H groups in total. The maximum absolute atomic E-state index is 12.5. The number of benzene rings is 1. The molecular formula is C18H28ClN3O3. The smallest absolute Gasteiger partial charge is 0.252 e. The summed E-state index contributed by atoms with van der Waals surface area (Å²) in [5, 5.41) is 2.92. The zero-order valence-corrected chi connectivity index (χ0v) is 15.9. The topological polar surface area (TPSA) is 84.7 Å². The van der Waals surface area contributed by atoms with E-state index in [4.69, 9.17) is 10.5 Å². The summed E-state index contributed by atoms with van der Waals surface area (Å²) in [6, 6.07) is 5.85. The standard InChI is InChI=1S/C18H27N3O3.ClH/c1-4-21(18(23)15-9-8-14(10-19)24-15)11-16(22)20-17-12(2)6-5-7-13(17)3;/h5-7,14-15H,4,8-11,19H2,1-3H3,(H,20,22);1H/t14-,15+;/m1./s1. The number of hydrogen-bond acceptors (Lipinski definition) is 4. The van der Waals surface area contributed by atoms with Gasteiger partial charge in [0.2, 0.25) is 5.91 Å². The van der Waals surface area contributed by atoms with Gasteiger partial charge in [-0.15, -0.1) is 12.4 Å². The molecule has 7 heteroatoms. The number of anilines is 1. The SMILES string of the molecule is CCN(CC(=O)Nc1c(C)cccc1C)C(=O)[C@@H]1CC[C@H](CN)O1.Cl. The number of para-hydroxylation sites is 1. The Kier molecular flexibility index (Phi) is 8.35. The molecule has 2 rings (SSSR count). The Morgan fingerprint density at radius 2 is 1.92 bits per heavy atom. The third-order valence-corrected chi connectivity index (χ3v) is 4.42. The lowest BCUT2D eigenvalue weighted by atomic mass is 10.1. The Morgan fingerprint density at radius 3 is 2.44 bits per heavy atom. The van der Waals surface area contributed by atoms with Gasteiger partial charge < -0.3 is 20.7 Å². The molecule has 1 aromatic rings. The maximum atomic E-state index is 12.5. The molecule has 0 radical (unpaired) electrons. The van der Waals surface area contributed by atoms with Crippen LogP contribution < -0.4 is 11.1 Å². The van der Waals surface area contributed by atoms with Crippen LogP contribution in [0.25, 0.3) is 0 Å². The van der Waals surface area contributed by atoms with E-state index in [1.165, 1.54) is 4.90 Å². The molecule has 2 amide bonds. The average molecular weight is 370 g/mol. The first-order valence-electron chi connectivity index (χ1n) is 8.46. The van der Waals surface area contributed by atoms with E-state index in [-0.39, 0.29) is 36.9 Å². The molecule has 1 saturated heterocycles. The first-order chi connectivity index (χ1) is 11.5. The van der Waals surface area contributed by atoms with Gasteiger partial charge in [-0.25, -0.2) is 0 Å². The van der Waals surface area contributed by atoms with Crippen LogP contribution >= 0.6 is 12.4 Å². The molecular weight excluding hydrogens is 342 g/mol. The minimum atomic E-state index is -0.480. The van der Waals surface area contributed by atoms with Gasteiger partial charge in [0.1, 0.15) is 6.10 Å². The van der Waals surface area contributed by atoms with Crippen LogP contribution in [0.15, 0.2) is 18.2 Å². The van der Waals surface area contributed by atoms with E-state index < -0.39 is 6.10 Å². The molecule has 25 heavy (non-hydrogen) atoms. The quantitative estimate of drug-likeness (QED) is 0.803. The molecule has 0 aliphatic carbocycles. The molecule has 0 spiro atoms. The molecule has 1 aliphatic heterocycles. The fraction of sp³-hybridized carbons (Fsp3) is 0.556. The van der Waals surface area contributed by atoms with Crippen LogP contribution in [0.4, 0.5) is 5.69 Å². The number of halogens is 1. The van der Waals surface area contributed by atoms with Crippen molar-refractivity contribution < 1.29 is 14.3 Å². The number of aryl methyl sites for hydroxylation is 2. The Morgan fingerprint density at radius 1 is 1.28 bits per heavy atom. The van der Waals surface area contributed by atoms with E-state index in [9.17, 15) is 9.59 Å². The Bertz CT molecular complexity index is 589. The van der Waals surface area contributed by atoms with Crippen LogP contribution in [0.1, 0.15) is 30.9 Å². The minimum Gasteiger partial charge on any atom is -0.364 e. The van der Waals surface area contributed by atoms with Gasteiger partial charge in [-0.05, 0) is 44.7 Å². The zero-order valence-electron chi connectivity index (χ0n) is 15.1. The number of likely N-dealkylation sites (N-methyl/N-ethyl adjacent to an activating group) is 1. The van der Waals surface area contributed by atoms with Gasteiger partial charge in [-0.1, -0.05) is 18.2 Å². The predicted octanol–water partition coefficient (Wildman–Crippen LogP) is 2.02. The molecule has 6 nitrogen and oxygen atoms in total. The van der Waals surface area contributed by atoms with Crippen molar-refractivity contribution in [1.82, 2.24) is 4.90 Å². The van der Waals surface area contributed by atoms with E-state index in [1.807, 2.05) is 39.0 Å².